The number of amides is 1. The predicted octanol–water partition coefficient (Wildman–Crippen LogP) is 0.690. The van der Waals surface area contributed by atoms with Crippen LogP contribution in [0.15, 0.2) is 0 Å². The van der Waals surface area contributed by atoms with Gasteiger partial charge in [-0.1, -0.05) is 0 Å². The van der Waals surface area contributed by atoms with Gasteiger partial charge in [-0.3, -0.25) is 4.79 Å². The van der Waals surface area contributed by atoms with E-state index in [0.29, 0.717) is 26.2 Å². The van der Waals surface area contributed by atoms with Crippen molar-refractivity contribution in [2.45, 2.75) is 39.2 Å². The van der Waals surface area contributed by atoms with Crippen molar-refractivity contribution in [3.8, 4) is 0 Å². The molecule has 0 saturated carbocycles. The fourth-order valence-corrected chi connectivity index (χ4v) is 0.882. The highest BCUT2D eigenvalue weighted by Gasteiger charge is 2.13. The Morgan fingerprint density at radius 2 is 2.14 bits per heavy atom. The van der Waals surface area contributed by atoms with E-state index in [1.165, 1.54) is 0 Å². The average molecular weight is 203 g/mol. The number of ether oxygens (including phenoxy) is 1. The second kappa shape index (κ2) is 6.79. The molecule has 4 nitrogen and oxygen atoms in total. The van der Waals surface area contributed by atoms with E-state index >= 15 is 0 Å². The first-order valence-electron chi connectivity index (χ1n) is 5.02. The first kappa shape index (κ1) is 13.4. The second-order valence-electron chi connectivity index (χ2n) is 3.89. The number of carbonyl (C=O) groups is 1. The minimum absolute atomic E-state index is 0.0353. The van der Waals surface area contributed by atoms with E-state index in [-0.39, 0.29) is 5.91 Å². The third kappa shape index (κ3) is 9.48. The van der Waals surface area contributed by atoms with Gasteiger partial charge in [-0.2, -0.15) is 0 Å². The van der Waals surface area contributed by atoms with Crippen molar-refractivity contribution in [1.29, 1.82) is 0 Å². The lowest BCUT2D eigenvalue weighted by Crippen LogP contribution is -2.38. The number of carbonyl (C=O) groups excluding carboxylic acids is 1. The molecular weight excluding hydrogens is 182 g/mol. The third-order valence-corrected chi connectivity index (χ3v) is 1.61. The van der Waals surface area contributed by atoms with Crippen molar-refractivity contribution in [3.63, 3.8) is 0 Å². The highest BCUT2D eigenvalue weighted by Crippen LogP contribution is 1.98. The van der Waals surface area contributed by atoms with Crippen LogP contribution in [0, 0.1) is 0 Å². The van der Waals surface area contributed by atoms with Gasteiger partial charge in [0, 0.05) is 26.2 Å². The zero-order valence-corrected chi connectivity index (χ0v) is 9.30. The summed E-state index contributed by atoms with van der Waals surface area (Å²) < 4.78 is 5.10. The SMILES string of the molecule is CCOCCCC(=O)NCC(C)(C)O. The van der Waals surface area contributed by atoms with Gasteiger partial charge in [0.15, 0.2) is 0 Å². The quantitative estimate of drug-likeness (QED) is 0.598. The van der Waals surface area contributed by atoms with Crippen molar-refractivity contribution >= 4 is 5.91 Å². The van der Waals surface area contributed by atoms with E-state index in [9.17, 15) is 9.90 Å². The van der Waals surface area contributed by atoms with Crippen LogP contribution in [-0.4, -0.2) is 36.4 Å². The molecule has 2 N–H and O–H groups in total. The number of rotatable bonds is 7. The van der Waals surface area contributed by atoms with Crippen molar-refractivity contribution in [2.24, 2.45) is 0 Å². The molecule has 0 rings (SSSR count). The Labute approximate surface area is 85.6 Å². The van der Waals surface area contributed by atoms with Gasteiger partial charge in [0.1, 0.15) is 0 Å². The van der Waals surface area contributed by atoms with E-state index in [4.69, 9.17) is 4.74 Å². The first-order chi connectivity index (χ1) is 6.45. The molecule has 0 atom stereocenters. The Bertz CT molecular complexity index is 163. The largest absolute Gasteiger partial charge is 0.389 e. The summed E-state index contributed by atoms with van der Waals surface area (Å²) >= 11 is 0. The molecule has 0 radical (unpaired) electrons. The molecule has 0 saturated heterocycles. The molecule has 0 bridgehead atoms. The van der Waals surface area contributed by atoms with Crippen molar-refractivity contribution < 1.29 is 14.6 Å². The molecular formula is C10H21NO3. The van der Waals surface area contributed by atoms with Crippen LogP contribution in [0.5, 0.6) is 0 Å². The lowest BCUT2D eigenvalue weighted by Gasteiger charge is -2.17. The molecule has 4 heteroatoms. The number of hydrogen-bond donors (Lipinski definition) is 2. The predicted molar refractivity (Wildman–Crippen MR) is 55.0 cm³/mol. The molecule has 0 spiro atoms. The molecule has 0 aliphatic carbocycles. The number of nitrogens with one attached hydrogen (secondary N) is 1. The lowest BCUT2D eigenvalue weighted by molar-refractivity contribution is -0.122. The Morgan fingerprint density at radius 3 is 2.64 bits per heavy atom. The maximum absolute atomic E-state index is 11.2. The molecule has 84 valence electrons. The van der Waals surface area contributed by atoms with Crippen molar-refractivity contribution in [1.82, 2.24) is 5.32 Å². The average Bonchev–Trinajstić information content (AvgIpc) is 2.08. The highest BCUT2D eigenvalue weighted by molar-refractivity contribution is 5.75. The van der Waals surface area contributed by atoms with Crippen LogP contribution < -0.4 is 5.32 Å². The molecule has 0 aliphatic rings. The van der Waals surface area contributed by atoms with Crippen LogP contribution >= 0.6 is 0 Å². The molecule has 0 aromatic carbocycles. The normalized spacial score (nSPS) is 11.4. The van der Waals surface area contributed by atoms with Crippen LogP contribution in [-0.2, 0) is 9.53 Å². The summed E-state index contributed by atoms with van der Waals surface area (Å²) in [4.78, 5) is 11.2. The van der Waals surface area contributed by atoms with Gasteiger partial charge >= 0.3 is 0 Å². The van der Waals surface area contributed by atoms with Gasteiger partial charge in [-0.15, -0.1) is 0 Å². The lowest BCUT2D eigenvalue weighted by atomic mass is 10.1. The highest BCUT2D eigenvalue weighted by atomic mass is 16.5. The fraction of sp³-hybridized carbons (Fsp3) is 0.900. The summed E-state index contributed by atoms with van der Waals surface area (Å²) in [7, 11) is 0. The van der Waals surface area contributed by atoms with Crippen molar-refractivity contribution in [3.05, 3.63) is 0 Å². The topological polar surface area (TPSA) is 58.6 Å². The molecule has 14 heavy (non-hydrogen) atoms. The summed E-state index contributed by atoms with van der Waals surface area (Å²) in [6.07, 6.45) is 1.18. The monoisotopic (exact) mass is 203 g/mol. The van der Waals surface area contributed by atoms with E-state index in [0.717, 1.165) is 6.42 Å². The van der Waals surface area contributed by atoms with Crippen LogP contribution in [0.2, 0.25) is 0 Å². The maximum Gasteiger partial charge on any atom is 0.220 e. The van der Waals surface area contributed by atoms with E-state index in [2.05, 4.69) is 5.32 Å². The van der Waals surface area contributed by atoms with Gasteiger partial charge in [0.05, 0.1) is 5.60 Å². The molecule has 0 fully saturated rings. The molecule has 1 amide bonds. The van der Waals surface area contributed by atoms with Gasteiger partial charge in [-0.25, -0.2) is 0 Å². The van der Waals surface area contributed by atoms with Crippen LogP contribution in [0.25, 0.3) is 0 Å². The van der Waals surface area contributed by atoms with E-state index in [1.807, 2.05) is 6.92 Å². The van der Waals surface area contributed by atoms with Crippen LogP contribution in [0.4, 0.5) is 0 Å². The van der Waals surface area contributed by atoms with Crippen LogP contribution in [0.3, 0.4) is 0 Å². The number of hydrogen-bond acceptors (Lipinski definition) is 3. The summed E-state index contributed by atoms with van der Waals surface area (Å²) in [5.74, 6) is -0.0353. The first-order valence-corrected chi connectivity index (χ1v) is 5.02. The minimum Gasteiger partial charge on any atom is -0.389 e. The smallest absolute Gasteiger partial charge is 0.220 e. The van der Waals surface area contributed by atoms with Crippen LogP contribution in [0.1, 0.15) is 33.6 Å². The van der Waals surface area contributed by atoms with Crippen molar-refractivity contribution in [2.75, 3.05) is 19.8 Å². The zero-order chi connectivity index (χ0) is 11.0. The Morgan fingerprint density at radius 1 is 1.50 bits per heavy atom. The molecule has 0 heterocycles. The molecule has 0 aliphatic heterocycles. The summed E-state index contributed by atoms with van der Waals surface area (Å²) in [6.45, 7) is 6.84. The third-order valence-electron chi connectivity index (χ3n) is 1.61. The minimum atomic E-state index is -0.838. The van der Waals surface area contributed by atoms with E-state index in [1.54, 1.807) is 13.8 Å². The summed E-state index contributed by atoms with van der Waals surface area (Å²) in [6, 6.07) is 0. The molecule has 0 aromatic rings. The Kier molecular flexibility index (Phi) is 6.49. The standard InChI is InChI=1S/C10H21NO3/c1-4-14-7-5-6-9(12)11-8-10(2,3)13/h13H,4-8H2,1-3H3,(H,11,12). The van der Waals surface area contributed by atoms with E-state index < -0.39 is 5.60 Å². The number of aliphatic hydroxyl groups is 1. The van der Waals surface area contributed by atoms with Gasteiger partial charge < -0.3 is 15.2 Å². The Hall–Kier alpha value is -0.610. The van der Waals surface area contributed by atoms with Gasteiger partial charge in [0.2, 0.25) is 5.91 Å². The molecule has 0 aromatic heterocycles. The second-order valence-corrected chi connectivity index (χ2v) is 3.89. The summed E-state index contributed by atoms with van der Waals surface area (Å²) in [5, 5.41) is 12.0. The Balaban J connectivity index is 3.38. The van der Waals surface area contributed by atoms with Gasteiger partial charge in [-0.05, 0) is 27.2 Å². The molecule has 0 unspecified atom stereocenters. The fourth-order valence-electron chi connectivity index (χ4n) is 0.882. The summed E-state index contributed by atoms with van der Waals surface area (Å²) in [5.41, 5.74) is -0.838. The maximum atomic E-state index is 11.2. The zero-order valence-electron chi connectivity index (χ0n) is 9.30. The van der Waals surface area contributed by atoms with Gasteiger partial charge in [0.25, 0.3) is 0 Å².